The summed E-state index contributed by atoms with van der Waals surface area (Å²) in [6, 6.07) is 6.78. The van der Waals surface area contributed by atoms with Crippen molar-refractivity contribution in [2.45, 2.75) is 45.3 Å². The molecule has 3 rings (SSSR count). The summed E-state index contributed by atoms with van der Waals surface area (Å²) >= 11 is 0. The lowest BCUT2D eigenvalue weighted by molar-refractivity contribution is 0.181. The van der Waals surface area contributed by atoms with Crippen LogP contribution in [0.2, 0.25) is 0 Å². The van der Waals surface area contributed by atoms with Crippen molar-refractivity contribution in [2.24, 2.45) is 0 Å². The molecule has 1 fully saturated rings. The van der Waals surface area contributed by atoms with E-state index >= 15 is 0 Å². The van der Waals surface area contributed by atoms with Gasteiger partial charge in [-0.2, -0.15) is 5.10 Å². The first-order chi connectivity index (χ1) is 12.6. The summed E-state index contributed by atoms with van der Waals surface area (Å²) in [5.41, 5.74) is 0.944. The summed E-state index contributed by atoms with van der Waals surface area (Å²) in [5, 5.41) is 4.58. The van der Waals surface area contributed by atoms with Crippen LogP contribution in [0.1, 0.15) is 37.1 Å². The van der Waals surface area contributed by atoms with Gasteiger partial charge in [-0.05, 0) is 50.6 Å². The summed E-state index contributed by atoms with van der Waals surface area (Å²) in [6.07, 6.45) is 1.91. The average molecular weight is 362 g/mol. The lowest BCUT2D eigenvalue weighted by Crippen LogP contribution is -2.33. The molecule has 2 heterocycles. The maximum atomic E-state index is 13.3. The van der Waals surface area contributed by atoms with Crippen LogP contribution in [0.25, 0.3) is 0 Å². The number of benzene rings is 1. The summed E-state index contributed by atoms with van der Waals surface area (Å²) < 4.78 is 21.7. The fourth-order valence-electron chi connectivity index (χ4n) is 3.62. The molecular weight excluding hydrogens is 335 g/mol. The molecule has 0 unspecified atom stereocenters. The molecular formula is C19H27FN4O2. The number of ether oxygens (including phenoxy) is 1. The number of hydrogen-bond acceptors (Lipinski definition) is 4. The second kappa shape index (κ2) is 8.60. The Morgan fingerprint density at radius 3 is 2.73 bits per heavy atom. The van der Waals surface area contributed by atoms with E-state index in [0.29, 0.717) is 19.7 Å². The van der Waals surface area contributed by atoms with Gasteiger partial charge in [-0.1, -0.05) is 12.1 Å². The fourth-order valence-corrected chi connectivity index (χ4v) is 3.62. The van der Waals surface area contributed by atoms with Crippen molar-refractivity contribution < 1.29 is 9.13 Å². The minimum atomic E-state index is -0.189. The second-order valence-corrected chi connectivity index (χ2v) is 6.78. The van der Waals surface area contributed by atoms with Crippen molar-refractivity contribution in [2.75, 3.05) is 26.8 Å². The SMILES string of the molecule is CCn1c(C2CCN(Cc3cccc(F)c3)CC2)nn(CCOC)c1=O. The average Bonchev–Trinajstić information content (AvgIpc) is 2.96. The van der Waals surface area contributed by atoms with Crippen molar-refractivity contribution in [1.82, 2.24) is 19.2 Å². The summed E-state index contributed by atoms with van der Waals surface area (Å²) in [4.78, 5) is 14.8. The lowest BCUT2D eigenvalue weighted by atomic mass is 9.95. The minimum absolute atomic E-state index is 0.0539. The Morgan fingerprint density at radius 2 is 2.08 bits per heavy atom. The molecule has 2 aromatic rings. The normalized spacial score (nSPS) is 16.3. The fraction of sp³-hybridized carbons (Fsp3) is 0.579. The number of rotatable bonds is 7. The highest BCUT2D eigenvalue weighted by Crippen LogP contribution is 2.27. The van der Waals surface area contributed by atoms with Gasteiger partial charge in [0, 0.05) is 26.1 Å². The first-order valence-electron chi connectivity index (χ1n) is 9.25. The van der Waals surface area contributed by atoms with Crippen molar-refractivity contribution in [3.63, 3.8) is 0 Å². The molecule has 26 heavy (non-hydrogen) atoms. The van der Waals surface area contributed by atoms with Crippen LogP contribution < -0.4 is 5.69 Å². The zero-order valence-corrected chi connectivity index (χ0v) is 15.5. The highest BCUT2D eigenvalue weighted by Gasteiger charge is 2.26. The summed E-state index contributed by atoms with van der Waals surface area (Å²) in [7, 11) is 1.62. The van der Waals surface area contributed by atoms with Crippen LogP contribution in [-0.2, 0) is 24.4 Å². The molecule has 1 aliphatic rings. The van der Waals surface area contributed by atoms with Gasteiger partial charge in [-0.15, -0.1) is 0 Å². The highest BCUT2D eigenvalue weighted by atomic mass is 19.1. The van der Waals surface area contributed by atoms with Gasteiger partial charge in [0.05, 0.1) is 13.2 Å². The Kier molecular flexibility index (Phi) is 6.21. The van der Waals surface area contributed by atoms with E-state index in [4.69, 9.17) is 4.74 Å². The molecule has 7 heteroatoms. The van der Waals surface area contributed by atoms with Gasteiger partial charge in [0.15, 0.2) is 0 Å². The Hall–Kier alpha value is -1.99. The quantitative estimate of drug-likeness (QED) is 0.758. The Labute approximate surface area is 153 Å². The van der Waals surface area contributed by atoms with Crippen molar-refractivity contribution in [1.29, 1.82) is 0 Å². The van der Waals surface area contributed by atoms with Crippen LogP contribution in [0.5, 0.6) is 0 Å². The molecule has 0 amide bonds. The molecule has 0 bridgehead atoms. The zero-order chi connectivity index (χ0) is 18.5. The standard InChI is InChI=1S/C19H27FN4O2/c1-3-23-18(21-24(19(23)25)11-12-26-2)16-7-9-22(10-8-16)14-15-5-4-6-17(20)13-15/h4-6,13,16H,3,7-12,14H2,1-2H3. The Bertz CT molecular complexity index is 778. The third kappa shape index (κ3) is 4.22. The van der Waals surface area contributed by atoms with Gasteiger partial charge in [0.2, 0.25) is 0 Å². The van der Waals surface area contributed by atoms with Crippen LogP contribution in [0, 0.1) is 5.82 Å². The largest absolute Gasteiger partial charge is 0.383 e. The number of halogens is 1. The maximum Gasteiger partial charge on any atom is 0.345 e. The van der Waals surface area contributed by atoms with Crippen molar-refractivity contribution in [3.05, 3.63) is 52.0 Å². The van der Waals surface area contributed by atoms with E-state index in [9.17, 15) is 9.18 Å². The monoisotopic (exact) mass is 362 g/mol. The number of likely N-dealkylation sites (tertiary alicyclic amines) is 1. The van der Waals surface area contributed by atoms with Crippen LogP contribution in [-0.4, -0.2) is 46.1 Å². The summed E-state index contributed by atoms with van der Waals surface area (Å²) in [6.45, 7) is 6.16. The van der Waals surface area contributed by atoms with Crippen LogP contribution in [0.15, 0.2) is 29.1 Å². The molecule has 0 atom stereocenters. The minimum Gasteiger partial charge on any atom is -0.383 e. The van der Waals surface area contributed by atoms with E-state index in [0.717, 1.165) is 43.9 Å². The second-order valence-electron chi connectivity index (χ2n) is 6.78. The van der Waals surface area contributed by atoms with Gasteiger partial charge >= 0.3 is 5.69 Å². The molecule has 0 N–H and O–H groups in total. The van der Waals surface area contributed by atoms with Crippen molar-refractivity contribution >= 4 is 0 Å². The van der Waals surface area contributed by atoms with E-state index in [1.165, 1.54) is 10.7 Å². The van der Waals surface area contributed by atoms with Gasteiger partial charge < -0.3 is 4.74 Å². The van der Waals surface area contributed by atoms with E-state index in [2.05, 4.69) is 10.00 Å². The van der Waals surface area contributed by atoms with Crippen molar-refractivity contribution in [3.8, 4) is 0 Å². The smallest absolute Gasteiger partial charge is 0.345 e. The third-order valence-corrected chi connectivity index (χ3v) is 5.02. The van der Waals surface area contributed by atoms with E-state index in [-0.39, 0.29) is 17.4 Å². The van der Waals surface area contributed by atoms with E-state index in [1.807, 2.05) is 13.0 Å². The molecule has 1 aliphatic heterocycles. The molecule has 0 aliphatic carbocycles. The molecule has 0 spiro atoms. The molecule has 1 aromatic carbocycles. The topological polar surface area (TPSA) is 52.3 Å². The Balaban J connectivity index is 1.65. The van der Waals surface area contributed by atoms with E-state index < -0.39 is 0 Å². The molecule has 1 aromatic heterocycles. The predicted octanol–water partition coefficient (Wildman–Crippen LogP) is 2.23. The lowest BCUT2D eigenvalue weighted by Gasteiger charge is -2.31. The van der Waals surface area contributed by atoms with Crippen LogP contribution in [0.4, 0.5) is 4.39 Å². The van der Waals surface area contributed by atoms with Gasteiger partial charge in [0.25, 0.3) is 0 Å². The number of aromatic nitrogens is 3. The zero-order valence-electron chi connectivity index (χ0n) is 15.5. The Morgan fingerprint density at radius 1 is 1.31 bits per heavy atom. The molecule has 6 nitrogen and oxygen atoms in total. The first-order valence-corrected chi connectivity index (χ1v) is 9.25. The number of nitrogens with zero attached hydrogens (tertiary/aromatic N) is 4. The molecule has 0 radical (unpaired) electrons. The van der Waals surface area contributed by atoms with Crippen LogP contribution in [0.3, 0.4) is 0 Å². The number of hydrogen-bond donors (Lipinski definition) is 0. The van der Waals surface area contributed by atoms with Crippen LogP contribution >= 0.6 is 0 Å². The first kappa shape index (κ1) is 18.8. The van der Waals surface area contributed by atoms with Gasteiger partial charge in [-0.3, -0.25) is 9.47 Å². The number of piperidine rings is 1. The molecule has 142 valence electrons. The van der Waals surface area contributed by atoms with Gasteiger partial charge in [0.1, 0.15) is 11.6 Å². The van der Waals surface area contributed by atoms with E-state index in [1.54, 1.807) is 23.8 Å². The number of methoxy groups -OCH3 is 1. The molecule has 1 saturated heterocycles. The molecule has 0 saturated carbocycles. The van der Waals surface area contributed by atoms with Gasteiger partial charge in [-0.25, -0.2) is 13.9 Å². The highest BCUT2D eigenvalue weighted by molar-refractivity contribution is 5.16. The predicted molar refractivity (Wildman–Crippen MR) is 97.7 cm³/mol. The summed E-state index contributed by atoms with van der Waals surface area (Å²) in [5.74, 6) is 0.986. The maximum absolute atomic E-state index is 13.3. The third-order valence-electron chi connectivity index (χ3n) is 5.02.